The van der Waals surface area contributed by atoms with Gasteiger partial charge in [0.1, 0.15) is 11.6 Å². The lowest BCUT2D eigenvalue weighted by molar-refractivity contribution is 0.0732. The van der Waals surface area contributed by atoms with Crippen molar-refractivity contribution < 1.29 is 4.79 Å². The maximum absolute atomic E-state index is 13.0. The molecule has 3 aromatic rings. The summed E-state index contributed by atoms with van der Waals surface area (Å²) < 4.78 is 0. The molecule has 0 bridgehead atoms. The van der Waals surface area contributed by atoms with Crippen LogP contribution in [0.4, 0.5) is 5.82 Å². The van der Waals surface area contributed by atoms with Crippen LogP contribution in [0.15, 0.2) is 47.7 Å². The minimum absolute atomic E-state index is 0.134. The van der Waals surface area contributed by atoms with Crippen LogP contribution in [0.2, 0.25) is 0 Å². The third-order valence-electron chi connectivity index (χ3n) is 4.59. The van der Waals surface area contributed by atoms with Crippen molar-refractivity contribution >= 4 is 11.7 Å². The highest BCUT2D eigenvalue weighted by Gasteiger charge is 2.26. The topological polar surface area (TPSA) is 104 Å². The fourth-order valence-electron chi connectivity index (χ4n) is 3.21. The van der Waals surface area contributed by atoms with Crippen LogP contribution in [0.3, 0.4) is 0 Å². The molecule has 8 heteroatoms. The summed E-state index contributed by atoms with van der Waals surface area (Å²) in [6.45, 7) is 0.747. The molecule has 4 rings (SSSR count). The van der Waals surface area contributed by atoms with E-state index in [0.717, 1.165) is 5.56 Å². The number of nitrogens with one attached hydrogen (secondary N) is 2. The molecule has 1 aliphatic rings. The van der Waals surface area contributed by atoms with Gasteiger partial charge in [-0.05, 0) is 30.7 Å². The number of anilines is 1. The van der Waals surface area contributed by atoms with Crippen LogP contribution >= 0.6 is 0 Å². The molecule has 4 heterocycles. The molecule has 136 valence electrons. The number of amides is 1. The lowest BCUT2D eigenvalue weighted by Crippen LogP contribution is -2.39. The fraction of sp³-hybridized carbons (Fsp3) is 0.211. The molecule has 0 spiro atoms. The average molecular weight is 362 g/mol. The zero-order chi connectivity index (χ0) is 18.8. The second-order valence-corrected chi connectivity index (χ2v) is 6.20. The quantitative estimate of drug-likeness (QED) is 0.731. The average Bonchev–Trinajstić information content (AvgIpc) is 2.73. The maximum Gasteiger partial charge on any atom is 0.257 e. The SMILES string of the molecule is CNc1ncccc1C(=O)N1CCc2c(nc(-c3ccncc3)[nH]c2=O)C1. The summed E-state index contributed by atoms with van der Waals surface area (Å²) in [6, 6.07) is 7.04. The van der Waals surface area contributed by atoms with Crippen LogP contribution in [0, 0.1) is 0 Å². The first-order valence-electron chi connectivity index (χ1n) is 8.62. The summed E-state index contributed by atoms with van der Waals surface area (Å²) in [7, 11) is 1.73. The molecule has 2 N–H and O–H groups in total. The molecule has 27 heavy (non-hydrogen) atoms. The van der Waals surface area contributed by atoms with Gasteiger partial charge in [-0.2, -0.15) is 0 Å². The van der Waals surface area contributed by atoms with E-state index in [2.05, 4.69) is 25.3 Å². The Labute approximate surface area is 155 Å². The third kappa shape index (κ3) is 3.17. The predicted octanol–water partition coefficient (Wildman–Crippen LogP) is 1.47. The van der Waals surface area contributed by atoms with Crippen LogP contribution in [0.1, 0.15) is 21.6 Å². The number of fused-ring (bicyclic) bond motifs is 1. The number of pyridine rings is 2. The molecule has 0 radical (unpaired) electrons. The number of aromatic nitrogens is 4. The van der Waals surface area contributed by atoms with E-state index >= 15 is 0 Å². The highest BCUT2D eigenvalue weighted by Crippen LogP contribution is 2.21. The summed E-state index contributed by atoms with van der Waals surface area (Å²) in [4.78, 5) is 42.7. The van der Waals surface area contributed by atoms with Crippen molar-refractivity contribution in [1.82, 2.24) is 24.8 Å². The number of hydrogen-bond acceptors (Lipinski definition) is 6. The van der Waals surface area contributed by atoms with E-state index in [1.807, 2.05) is 0 Å². The number of rotatable bonds is 3. The zero-order valence-electron chi connectivity index (χ0n) is 14.8. The van der Waals surface area contributed by atoms with Crippen molar-refractivity contribution in [2.45, 2.75) is 13.0 Å². The molecule has 0 aromatic carbocycles. The summed E-state index contributed by atoms with van der Waals surface area (Å²) in [5, 5.41) is 2.94. The van der Waals surface area contributed by atoms with Crippen molar-refractivity contribution in [1.29, 1.82) is 0 Å². The first-order valence-corrected chi connectivity index (χ1v) is 8.62. The normalized spacial score (nSPS) is 13.1. The van der Waals surface area contributed by atoms with Crippen molar-refractivity contribution in [3.63, 3.8) is 0 Å². The molecule has 0 fully saturated rings. The number of H-pyrrole nitrogens is 1. The van der Waals surface area contributed by atoms with E-state index in [0.29, 0.717) is 41.4 Å². The summed E-state index contributed by atoms with van der Waals surface area (Å²) in [5.74, 6) is 0.878. The van der Waals surface area contributed by atoms with Crippen molar-refractivity contribution in [3.05, 3.63) is 70.0 Å². The molecule has 1 amide bonds. The van der Waals surface area contributed by atoms with Crippen molar-refractivity contribution in [2.24, 2.45) is 0 Å². The number of hydrogen-bond donors (Lipinski definition) is 2. The first-order chi connectivity index (χ1) is 13.2. The summed E-state index contributed by atoms with van der Waals surface area (Å²) in [5.41, 5.74) is 2.38. The molecule has 0 saturated heterocycles. The second-order valence-electron chi connectivity index (χ2n) is 6.20. The van der Waals surface area contributed by atoms with Crippen LogP contribution < -0.4 is 10.9 Å². The van der Waals surface area contributed by atoms with Gasteiger partial charge in [0.15, 0.2) is 0 Å². The van der Waals surface area contributed by atoms with Crippen LogP contribution in [-0.2, 0) is 13.0 Å². The highest BCUT2D eigenvalue weighted by atomic mass is 16.2. The lowest BCUT2D eigenvalue weighted by atomic mass is 10.0. The summed E-state index contributed by atoms with van der Waals surface area (Å²) >= 11 is 0. The van der Waals surface area contributed by atoms with E-state index in [-0.39, 0.29) is 18.0 Å². The van der Waals surface area contributed by atoms with Gasteiger partial charge in [-0.25, -0.2) is 9.97 Å². The molecule has 0 aliphatic carbocycles. The molecular weight excluding hydrogens is 344 g/mol. The Bertz CT molecular complexity index is 1050. The second kappa shape index (κ2) is 6.99. The van der Waals surface area contributed by atoms with Gasteiger partial charge in [0.2, 0.25) is 0 Å². The number of aromatic amines is 1. The minimum atomic E-state index is -0.156. The number of carbonyl (C=O) groups is 1. The Morgan fingerprint density at radius 1 is 1.22 bits per heavy atom. The van der Waals surface area contributed by atoms with Gasteiger partial charge in [0.25, 0.3) is 11.5 Å². The van der Waals surface area contributed by atoms with Crippen LogP contribution in [-0.4, -0.2) is 44.3 Å². The molecule has 0 saturated carbocycles. The molecule has 1 aliphatic heterocycles. The minimum Gasteiger partial charge on any atom is -0.372 e. The van der Waals surface area contributed by atoms with Gasteiger partial charge >= 0.3 is 0 Å². The summed E-state index contributed by atoms with van der Waals surface area (Å²) in [6.07, 6.45) is 5.39. The van der Waals surface area contributed by atoms with Crippen molar-refractivity contribution in [2.75, 3.05) is 18.9 Å². The zero-order valence-corrected chi connectivity index (χ0v) is 14.8. The monoisotopic (exact) mass is 362 g/mol. The third-order valence-corrected chi connectivity index (χ3v) is 4.59. The van der Waals surface area contributed by atoms with Crippen LogP contribution in [0.5, 0.6) is 0 Å². The van der Waals surface area contributed by atoms with Crippen LogP contribution in [0.25, 0.3) is 11.4 Å². The standard InChI is InChI=1S/C19H18N6O2/c1-20-17-14(3-2-7-22-17)19(27)25-10-6-13-15(11-25)23-16(24-18(13)26)12-4-8-21-9-5-12/h2-5,7-9H,6,10-11H2,1H3,(H,20,22)(H,23,24,26). The predicted molar refractivity (Wildman–Crippen MR) is 100 cm³/mol. The van der Waals surface area contributed by atoms with Crippen molar-refractivity contribution in [3.8, 4) is 11.4 Å². The fourth-order valence-corrected chi connectivity index (χ4v) is 3.21. The largest absolute Gasteiger partial charge is 0.372 e. The Balaban J connectivity index is 1.67. The van der Waals surface area contributed by atoms with E-state index in [1.54, 1.807) is 54.8 Å². The van der Waals surface area contributed by atoms with Gasteiger partial charge in [-0.3, -0.25) is 14.6 Å². The first kappa shape index (κ1) is 16.9. The Kier molecular flexibility index (Phi) is 4.37. The number of carbonyl (C=O) groups excluding carboxylic acids is 1. The van der Waals surface area contributed by atoms with Gasteiger partial charge in [0, 0.05) is 43.3 Å². The van der Waals surface area contributed by atoms with E-state index in [9.17, 15) is 9.59 Å². The molecule has 3 aromatic heterocycles. The van der Waals surface area contributed by atoms with E-state index in [1.165, 1.54) is 0 Å². The Hall–Kier alpha value is -3.55. The van der Waals surface area contributed by atoms with Gasteiger partial charge in [-0.15, -0.1) is 0 Å². The van der Waals surface area contributed by atoms with E-state index < -0.39 is 0 Å². The van der Waals surface area contributed by atoms with Gasteiger partial charge < -0.3 is 15.2 Å². The lowest BCUT2D eigenvalue weighted by Gasteiger charge is -2.28. The molecular formula is C19H18N6O2. The van der Waals surface area contributed by atoms with Gasteiger partial charge in [-0.1, -0.05) is 0 Å². The smallest absolute Gasteiger partial charge is 0.257 e. The molecule has 0 atom stereocenters. The molecule has 8 nitrogen and oxygen atoms in total. The van der Waals surface area contributed by atoms with E-state index in [4.69, 9.17) is 0 Å². The highest BCUT2D eigenvalue weighted by molar-refractivity contribution is 5.98. The van der Waals surface area contributed by atoms with Gasteiger partial charge in [0.05, 0.1) is 17.8 Å². The maximum atomic E-state index is 13.0. The number of nitrogens with zero attached hydrogens (tertiary/aromatic N) is 4. The Morgan fingerprint density at radius 2 is 2.04 bits per heavy atom. The molecule has 0 unspecified atom stereocenters. The Morgan fingerprint density at radius 3 is 2.81 bits per heavy atom.